The van der Waals surface area contributed by atoms with Crippen molar-refractivity contribution < 1.29 is 9.59 Å². The van der Waals surface area contributed by atoms with Crippen LogP contribution in [0.4, 0.5) is 11.4 Å². The minimum absolute atomic E-state index is 0.137. The number of fused-ring (bicyclic) bond motifs is 1. The number of H-pyrrole nitrogens is 1. The molecule has 42 heavy (non-hydrogen) atoms. The van der Waals surface area contributed by atoms with E-state index < -0.39 is 5.41 Å². The molecule has 5 heterocycles. The summed E-state index contributed by atoms with van der Waals surface area (Å²) in [7, 11) is 1.86. The molecule has 3 fully saturated rings. The number of hydrogen-bond donors (Lipinski definition) is 1. The second kappa shape index (κ2) is 10.3. The molecule has 1 N–H and O–H groups in total. The molecule has 0 unspecified atom stereocenters. The smallest absolute Gasteiger partial charge is 0.236 e. The van der Waals surface area contributed by atoms with Gasteiger partial charge in [-0.05, 0) is 61.9 Å². The first-order valence-electron chi connectivity index (χ1n) is 14.4. The molecule has 7 rings (SSSR count). The highest BCUT2D eigenvalue weighted by molar-refractivity contribution is 6.02. The van der Waals surface area contributed by atoms with E-state index in [1.165, 1.54) is 0 Å². The Morgan fingerprint density at radius 3 is 2.52 bits per heavy atom. The molecule has 0 radical (unpaired) electrons. The van der Waals surface area contributed by atoms with Crippen molar-refractivity contribution in [1.82, 2.24) is 34.8 Å². The summed E-state index contributed by atoms with van der Waals surface area (Å²) < 4.78 is 1.70. The third-order valence-electron chi connectivity index (χ3n) is 9.02. The van der Waals surface area contributed by atoms with Crippen LogP contribution in [0.5, 0.6) is 0 Å². The summed E-state index contributed by atoms with van der Waals surface area (Å²) in [5, 5.41) is 12.3. The number of likely N-dealkylation sites (tertiary alicyclic amines) is 1. The lowest BCUT2D eigenvalue weighted by atomic mass is 9.85. The summed E-state index contributed by atoms with van der Waals surface area (Å²) in [6.07, 6.45) is 8.86. The molecule has 11 heteroatoms. The van der Waals surface area contributed by atoms with Gasteiger partial charge in [0.1, 0.15) is 12.0 Å². The summed E-state index contributed by atoms with van der Waals surface area (Å²) in [6.45, 7) is 5.33. The Kier molecular flexibility index (Phi) is 6.43. The van der Waals surface area contributed by atoms with Gasteiger partial charge in [0.2, 0.25) is 11.8 Å². The number of rotatable bonds is 5. The normalized spacial score (nSPS) is 21.1. The molecule has 2 amide bonds. The lowest BCUT2D eigenvalue weighted by Crippen LogP contribution is -2.51. The van der Waals surface area contributed by atoms with Crippen molar-refractivity contribution in [2.45, 2.75) is 12.8 Å². The zero-order valence-electron chi connectivity index (χ0n) is 23.7. The zero-order valence-corrected chi connectivity index (χ0v) is 23.7. The first-order valence-corrected chi connectivity index (χ1v) is 14.4. The molecular formula is C31H33N9O2. The fourth-order valence-corrected chi connectivity index (χ4v) is 6.61. The Balaban J connectivity index is 0.933. The minimum atomic E-state index is -0.434. The quantitative estimate of drug-likeness (QED) is 0.371. The van der Waals surface area contributed by atoms with E-state index in [0.29, 0.717) is 44.2 Å². The van der Waals surface area contributed by atoms with Gasteiger partial charge in [-0.1, -0.05) is 5.92 Å². The molecule has 4 aromatic rings. The third-order valence-corrected chi connectivity index (χ3v) is 9.02. The average molecular weight is 564 g/mol. The molecule has 1 spiro atoms. The van der Waals surface area contributed by atoms with E-state index >= 15 is 0 Å². The van der Waals surface area contributed by atoms with E-state index in [1.807, 2.05) is 47.2 Å². The van der Waals surface area contributed by atoms with Crippen molar-refractivity contribution in [2.75, 3.05) is 62.2 Å². The first-order chi connectivity index (χ1) is 20.4. The molecule has 0 bridgehead atoms. The maximum Gasteiger partial charge on any atom is 0.236 e. The lowest BCUT2D eigenvalue weighted by molar-refractivity contribution is -0.133. The van der Waals surface area contributed by atoms with Gasteiger partial charge in [-0.2, -0.15) is 10.2 Å². The van der Waals surface area contributed by atoms with E-state index in [0.717, 1.165) is 60.3 Å². The first kappa shape index (κ1) is 26.2. The predicted octanol–water partition coefficient (Wildman–Crippen LogP) is 2.12. The van der Waals surface area contributed by atoms with Crippen LogP contribution in [0.15, 0.2) is 48.8 Å². The summed E-state index contributed by atoms with van der Waals surface area (Å²) in [5.41, 5.74) is 3.94. The van der Waals surface area contributed by atoms with Gasteiger partial charge >= 0.3 is 0 Å². The number of nitrogens with one attached hydrogen (secondary N) is 1. The third kappa shape index (κ3) is 4.58. The van der Waals surface area contributed by atoms with Crippen molar-refractivity contribution in [1.29, 1.82) is 0 Å². The Morgan fingerprint density at radius 1 is 1.02 bits per heavy atom. The van der Waals surface area contributed by atoms with Crippen LogP contribution in [0.3, 0.4) is 0 Å². The van der Waals surface area contributed by atoms with Gasteiger partial charge in [0, 0.05) is 68.6 Å². The van der Waals surface area contributed by atoms with E-state index in [-0.39, 0.29) is 11.8 Å². The number of hydrogen-bond acceptors (Lipinski definition) is 7. The number of aromatic nitrogens is 5. The van der Waals surface area contributed by atoms with Crippen molar-refractivity contribution in [3.05, 3.63) is 54.5 Å². The van der Waals surface area contributed by atoms with Gasteiger partial charge in [-0.25, -0.2) is 4.98 Å². The van der Waals surface area contributed by atoms with Gasteiger partial charge in [0.15, 0.2) is 5.82 Å². The molecule has 1 atom stereocenters. The Hall–Kier alpha value is -4.69. The Morgan fingerprint density at radius 2 is 1.79 bits per heavy atom. The molecule has 3 aliphatic rings. The number of anilines is 2. The number of carbonyl (C=O) groups is 2. The summed E-state index contributed by atoms with van der Waals surface area (Å²) in [6, 6.07) is 14.1. The maximum atomic E-state index is 13.7. The predicted molar refractivity (Wildman–Crippen MR) is 160 cm³/mol. The second-order valence-electron chi connectivity index (χ2n) is 11.5. The van der Waals surface area contributed by atoms with E-state index in [1.54, 1.807) is 11.0 Å². The summed E-state index contributed by atoms with van der Waals surface area (Å²) in [5.74, 6) is 3.62. The molecule has 0 saturated carbocycles. The van der Waals surface area contributed by atoms with E-state index in [2.05, 4.69) is 48.1 Å². The van der Waals surface area contributed by atoms with Gasteiger partial charge in [-0.3, -0.25) is 24.3 Å². The zero-order chi connectivity index (χ0) is 28.8. The summed E-state index contributed by atoms with van der Waals surface area (Å²) >= 11 is 0. The van der Waals surface area contributed by atoms with Gasteiger partial charge < -0.3 is 14.7 Å². The fraction of sp³-hybridized carbons (Fsp3) is 0.387. The second-order valence-corrected chi connectivity index (χ2v) is 11.5. The topological polar surface area (TPSA) is 106 Å². The molecule has 214 valence electrons. The van der Waals surface area contributed by atoms with Crippen molar-refractivity contribution in [2.24, 2.45) is 12.5 Å². The fourth-order valence-electron chi connectivity index (χ4n) is 6.61. The average Bonchev–Trinajstić information content (AvgIpc) is 3.81. The van der Waals surface area contributed by atoms with Crippen molar-refractivity contribution in [3.8, 4) is 23.7 Å². The molecule has 11 nitrogen and oxygen atoms in total. The van der Waals surface area contributed by atoms with Crippen LogP contribution in [-0.2, 0) is 16.6 Å². The number of aryl methyl sites for hydroxylation is 1. The highest BCUT2D eigenvalue weighted by Gasteiger charge is 2.51. The molecule has 2 aromatic heterocycles. The number of benzene rings is 2. The standard InChI is InChI=1S/C31H33N9O2/c1-3-26-25-18-24(8-9-27(25)34-33-26)40-13-11-31(30(40)42)10-12-37(20-31)19-28(41)39-16-14-38(15-17-39)23-6-4-22(5-7-23)29-32-21-36(2)35-29/h1,4-9,18,21H,10-17,19-20H2,2H3,(H,33,34)/t31-/m0/s1. The van der Waals surface area contributed by atoms with Crippen LogP contribution in [0.1, 0.15) is 18.5 Å². The minimum Gasteiger partial charge on any atom is -0.368 e. The molecule has 2 aromatic carbocycles. The van der Waals surface area contributed by atoms with Crippen LogP contribution in [0, 0.1) is 17.8 Å². The molecule has 3 saturated heterocycles. The van der Waals surface area contributed by atoms with E-state index in [9.17, 15) is 9.59 Å². The van der Waals surface area contributed by atoms with Crippen LogP contribution < -0.4 is 9.80 Å². The van der Waals surface area contributed by atoms with Crippen molar-refractivity contribution >= 4 is 34.1 Å². The highest BCUT2D eigenvalue weighted by Crippen LogP contribution is 2.42. The van der Waals surface area contributed by atoms with Crippen LogP contribution >= 0.6 is 0 Å². The SMILES string of the molecule is C#Cc1[nH]nc2ccc(N3CC[C@]4(CCN(CC(=O)N5CCN(c6ccc(-c7ncn(C)n7)cc6)CC5)C4)C3=O)cc12. The number of nitrogens with zero attached hydrogens (tertiary/aromatic N) is 8. The van der Waals surface area contributed by atoms with Crippen LogP contribution in [0.2, 0.25) is 0 Å². The number of aromatic amines is 1. The number of piperazine rings is 1. The van der Waals surface area contributed by atoms with E-state index in [4.69, 9.17) is 6.42 Å². The maximum absolute atomic E-state index is 13.7. The molecular weight excluding hydrogens is 530 g/mol. The lowest BCUT2D eigenvalue weighted by Gasteiger charge is -2.37. The van der Waals surface area contributed by atoms with Crippen LogP contribution in [0.25, 0.3) is 22.3 Å². The van der Waals surface area contributed by atoms with Crippen molar-refractivity contribution in [3.63, 3.8) is 0 Å². The van der Waals surface area contributed by atoms with Gasteiger partial charge in [0.05, 0.1) is 17.5 Å². The molecule has 3 aliphatic heterocycles. The van der Waals surface area contributed by atoms with Crippen LogP contribution in [-0.4, -0.2) is 98.9 Å². The number of amides is 2. The number of carbonyl (C=O) groups excluding carboxylic acids is 2. The summed E-state index contributed by atoms with van der Waals surface area (Å²) in [4.78, 5) is 39.6. The largest absolute Gasteiger partial charge is 0.368 e. The van der Waals surface area contributed by atoms with Gasteiger partial charge in [-0.15, -0.1) is 6.42 Å². The Labute approximate surface area is 244 Å². The monoisotopic (exact) mass is 563 g/mol. The Bertz CT molecular complexity index is 1690. The number of terminal acetylenes is 1. The molecule has 0 aliphatic carbocycles. The highest BCUT2D eigenvalue weighted by atomic mass is 16.2. The van der Waals surface area contributed by atoms with Gasteiger partial charge in [0.25, 0.3) is 0 Å².